The molecule has 0 spiro atoms. The Hall–Kier alpha value is -3.19. The summed E-state index contributed by atoms with van der Waals surface area (Å²) in [6.07, 6.45) is 0. The zero-order chi connectivity index (χ0) is 20.3. The fourth-order valence-corrected chi connectivity index (χ4v) is 4.44. The van der Waals surface area contributed by atoms with Crippen LogP contribution in [-0.2, 0) is 16.6 Å². The third-order valence-corrected chi connectivity index (χ3v) is 6.08. The third-order valence-electron chi connectivity index (χ3n) is 4.31. The van der Waals surface area contributed by atoms with E-state index < -0.39 is 14.9 Å². The maximum absolute atomic E-state index is 13.4. The van der Waals surface area contributed by atoms with Crippen LogP contribution in [0.4, 0.5) is 11.4 Å². The largest absolute Gasteiger partial charge is 0.270 e. The van der Waals surface area contributed by atoms with Gasteiger partial charge in [0.25, 0.3) is 15.7 Å². The topological polar surface area (TPSA) is 80.5 Å². The van der Waals surface area contributed by atoms with Gasteiger partial charge in [-0.1, -0.05) is 48.0 Å². The molecule has 0 aliphatic carbocycles. The molecule has 0 saturated carbocycles. The van der Waals surface area contributed by atoms with Gasteiger partial charge in [-0.3, -0.25) is 14.4 Å². The first-order valence-corrected chi connectivity index (χ1v) is 10.1. The van der Waals surface area contributed by atoms with Gasteiger partial charge in [-0.05, 0) is 43.2 Å². The Morgan fingerprint density at radius 1 is 0.893 bits per heavy atom. The summed E-state index contributed by atoms with van der Waals surface area (Å²) in [7, 11) is -4.01. The van der Waals surface area contributed by atoms with E-state index >= 15 is 0 Å². The van der Waals surface area contributed by atoms with Gasteiger partial charge in [0.05, 0.1) is 22.1 Å². The minimum atomic E-state index is -4.01. The lowest BCUT2D eigenvalue weighted by Crippen LogP contribution is -2.30. The highest BCUT2D eigenvalue weighted by atomic mass is 32.2. The van der Waals surface area contributed by atoms with Gasteiger partial charge >= 0.3 is 0 Å². The van der Waals surface area contributed by atoms with Crippen LogP contribution < -0.4 is 4.31 Å². The lowest BCUT2D eigenvalue weighted by molar-refractivity contribution is -0.385. The van der Waals surface area contributed by atoms with Crippen molar-refractivity contribution in [2.24, 2.45) is 0 Å². The highest BCUT2D eigenvalue weighted by Gasteiger charge is 2.27. The fourth-order valence-electron chi connectivity index (χ4n) is 2.96. The summed E-state index contributed by atoms with van der Waals surface area (Å²) in [6.45, 7) is 3.94. The summed E-state index contributed by atoms with van der Waals surface area (Å²) < 4.78 is 28.1. The second kappa shape index (κ2) is 7.82. The minimum absolute atomic E-state index is 0.115. The summed E-state index contributed by atoms with van der Waals surface area (Å²) in [6, 6.07) is 19.9. The van der Waals surface area contributed by atoms with Crippen molar-refractivity contribution in [1.82, 2.24) is 0 Å². The van der Waals surface area contributed by atoms with Crippen LogP contribution in [0.25, 0.3) is 0 Å². The number of anilines is 1. The van der Waals surface area contributed by atoms with Crippen molar-refractivity contribution in [2.45, 2.75) is 25.3 Å². The molecule has 0 aromatic heterocycles. The number of hydrogen-bond acceptors (Lipinski definition) is 4. The number of benzene rings is 3. The molecule has 0 aliphatic rings. The second-order valence-electron chi connectivity index (χ2n) is 6.59. The van der Waals surface area contributed by atoms with E-state index in [4.69, 9.17) is 0 Å². The molecule has 144 valence electrons. The molecule has 0 N–H and O–H groups in total. The van der Waals surface area contributed by atoms with Crippen LogP contribution in [-0.4, -0.2) is 13.3 Å². The first-order valence-electron chi connectivity index (χ1n) is 8.67. The Morgan fingerprint density at radius 2 is 1.54 bits per heavy atom. The normalized spacial score (nSPS) is 11.2. The number of nitro groups is 1. The molecule has 0 radical (unpaired) electrons. The number of nitro benzene ring substituents is 1. The molecular formula is C21H20N2O4S. The van der Waals surface area contributed by atoms with Gasteiger partial charge < -0.3 is 0 Å². The van der Waals surface area contributed by atoms with Gasteiger partial charge in [0.1, 0.15) is 0 Å². The van der Waals surface area contributed by atoms with E-state index in [0.29, 0.717) is 5.69 Å². The predicted octanol–water partition coefficient (Wildman–Crippen LogP) is 4.61. The number of nitrogens with zero attached hydrogens (tertiary/aromatic N) is 2. The smallest absolute Gasteiger partial charge is 0.262 e. The monoisotopic (exact) mass is 396 g/mol. The predicted molar refractivity (Wildman–Crippen MR) is 109 cm³/mol. The summed E-state index contributed by atoms with van der Waals surface area (Å²) in [5.74, 6) is 0. The van der Waals surface area contributed by atoms with Crippen molar-refractivity contribution in [1.29, 1.82) is 0 Å². The SMILES string of the molecule is Cc1cccc(CN(c2cccc(C)c2)S(=O)(=O)c2cccc([N+](=O)[O-])c2)c1. The first kappa shape index (κ1) is 19.6. The molecule has 0 saturated heterocycles. The lowest BCUT2D eigenvalue weighted by Gasteiger charge is -2.25. The number of sulfonamides is 1. The molecule has 3 rings (SSSR count). The third kappa shape index (κ3) is 4.20. The van der Waals surface area contributed by atoms with Crippen LogP contribution in [0.3, 0.4) is 0 Å². The van der Waals surface area contributed by atoms with E-state index in [9.17, 15) is 18.5 Å². The minimum Gasteiger partial charge on any atom is -0.262 e. The number of hydrogen-bond donors (Lipinski definition) is 0. The second-order valence-corrected chi connectivity index (χ2v) is 8.46. The molecule has 0 heterocycles. The van der Waals surface area contributed by atoms with E-state index in [1.807, 2.05) is 44.2 Å². The first-order chi connectivity index (χ1) is 13.3. The summed E-state index contributed by atoms with van der Waals surface area (Å²) in [4.78, 5) is 10.4. The average molecular weight is 396 g/mol. The van der Waals surface area contributed by atoms with Crippen molar-refractivity contribution in [3.05, 3.63) is 99.6 Å². The van der Waals surface area contributed by atoms with Crippen LogP contribution >= 0.6 is 0 Å². The highest BCUT2D eigenvalue weighted by molar-refractivity contribution is 7.92. The summed E-state index contributed by atoms with van der Waals surface area (Å²) in [5, 5.41) is 11.1. The molecule has 6 nitrogen and oxygen atoms in total. The van der Waals surface area contributed by atoms with Crippen molar-refractivity contribution in [3.63, 3.8) is 0 Å². The Labute approximate surface area is 164 Å². The standard InChI is InChI=1S/C21H20N2O4S/c1-16-6-3-8-18(12-16)15-22(19-9-4-7-17(2)13-19)28(26,27)21-11-5-10-20(14-21)23(24)25/h3-14H,15H2,1-2H3. The molecular weight excluding hydrogens is 376 g/mol. The van der Waals surface area contributed by atoms with Crippen LogP contribution in [0.1, 0.15) is 16.7 Å². The Morgan fingerprint density at radius 3 is 2.18 bits per heavy atom. The molecule has 0 aliphatic heterocycles. The zero-order valence-corrected chi connectivity index (χ0v) is 16.4. The van der Waals surface area contributed by atoms with Gasteiger partial charge in [0.15, 0.2) is 0 Å². The Bertz CT molecular complexity index is 1130. The molecule has 7 heteroatoms. The van der Waals surface area contributed by atoms with Crippen molar-refractivity contribution in [3.8, 4) is 0 Å². The maximum Gasteiger partial charge on any atom is 0.270 e. The molecule has 0 fully saturated rings. The molecule has 0 bridgehead atoms. The van der Waals surface area contributed by atoms with Gasteiger partial charge in [0, 0.05) is 12.1 Å². The molecule has 28 heavy (non-hydrogen) atoms. The van der Waals surface area contributed by atoms with E-state index in [2.05, 4.69) is 0 Å². The van der Waals surface area contributed by atoms with Crippen LogP contribution in [0.15, 0.2) is 77.7 Å². The van der Waals surface area contributed by atoms with Crippen molar-refractivity contribution < 1.29 is 13.3 Å². The van der Waals surface area contributed by atoms with Crippen LogP contribution in [0, 0.1) is 24.0 Å². The molecule has 0 amide bonds. The molecule has 3 aromatic carbocycles. The summed E-state index contributed by atoms with van der Waals surface area (Å²) >= 11 is 0. The van der Waals surface area contributed by atoms with Gasteiger partial charge in [-0.25, -0.2) is 8.42 Å². The average Bonchev–Trinajstić information content (AvgIpc) is 2.66. The zero-order valence-electron chi connectivity index (χ0n) is 15.6. The van der Waals surface area contributed by atoms with Gasteiger partial charge in [-0.2, -0.15) is 0 Å². The number of aryl methyl sites for hydroxylation is 2. The van der Waals surface area contributed by atoms with E-state index in [1.54, 1.807) is 18.2 Å². The van der Waals surface area contributed by atoms with Crippen molar-refractivity contribution >= 4 is 21.4 Å². The van der Waals surface area contributed by atoms with Crippen molar-refractivity contribution in [2.75, 3.05) is 4.31 Å². The maximum atomic E-state index is 13.4. The highest BCUT2D eigenvalue weighted by Crippen LogP contribution is 2.28. The molecule has 0 atom stereocenters. The lowest BCUT2D eigenvalue weighted by atomic mass is 10.1. The van der Waals surface area contributed by atoms with E-state index in [0.717, 1.165) is 22.8 Å². The fraction of sp³-hybridized carbons (Fsp3) is 0.143. The summed E-state index contributed by atoms with van der Waals surface area (Å²) in [5.41, 5.74) is 3.01. The Kier molecular flexibility index (Phi) is 5.46. The van der Waals surface area contributed by atoms with E-state index in [1.165, 1.54) is 22.5 Å². The quantitative estimate of drug-likeness (QED) is 0.450. The Balaban J connectivity index is 2.12. The molecule has 3 aromatic rings. The number of non-ortho nitro benzene ring substituents is 1. The van der Waals surface area contributed by atoms with Gasteiger partial charge in [0.2, 0.25) is 0 Å². The number of rotatable bonds is 6. The van der Waals surface area contributed by atoms with Crippen LogP contribution in [0.5, 0.6) is 0 Å². The molecule has 0 unspecified atom stereocenters. The van der Waals surface area contributed by atoms with Crippen LogP contribution in [0.2, 0.25) is 0 Å². The van der Waals surface area contributed by atoms with Gasteiger partial charge in [-0.15, -0.1) is 0 Å². The van der Waals surface area contributed by atoms with E-state index in [-0.39, 0.29) is 17.1 Å².